The first-order valence-corrected chi connectivity index (χ1v) is 10.7. The topological polar surface area (TPSA) is 113 Å². The molecule has 148 valence electrons. The maximum atomic E-state index is 12.5. The molecular weight excluding hydrogens is 368 g/mol. The summed E-state index contributed by atoms with van der Waals surface area (Å²) in [5, 5.41) is 2.78. The number of hydrogen-bond donors (Lipinski definition) is 2. The number of likely N-dealkylation sites (tertiary alicyclic amines) is 1. The van der Waals surface area contributed by atoms with Crippen LogP contribution >= 0.6 is 0 Å². The van der Waals surface area contributed by atoms with E-state index in [4.69, 9.17) is 5.73 Å². The van der Waals surface area contributed by atoms with E-state index in [0.29, 0.717) is 25.3 Å². The molecule has 8 nitrogen and oxygen atoms in total. The van der Waals surface area contributed by atoms with Crippen molar-refractivity contribution in [3.63, 3.8) is 0 Å². The Morgan fingerprint density at radius 3 is 2.37 bits per heavy atom. The minimum Gasteiger partial charge on any atom is -0.369 e. The largest absolute Gasteiger partial charge is 0.369 e. The van der Waals surface area contributed by atoms with Crippen molar-refractivity contribution < 1.29 is 18.0 Å². The van der Waals surface area contributed by atoms with Gasteiger partial charge in [-0.1, -0.05) is 0 Å². The monoisotopic (exact) mass is 394 g/mol. The molecule has 2 saturated heterocycles. The number of anilines is 1. The van der Waals surface area contributed by atoms with Crippen LogP contribution in [0, 0.1) is 5.92 Å². The molecule has 2 amide bonds. The third kappa shape index (κ3) is 4.85. The van der Waals surface area contributed by atoms with E-state index in [2.05, 4.69) is 5.32 Å². The molecule has 0 radical (unpaired) electrons. The fraction of sp³-hybridized carbons (Fsp3) is 0.556. The Bertz CT molecular complexity index is 788. The summed E-state index contributed by atoms with van der Waals surface area (Å²) in [6.45, 7) is 2.55. The van der Waals surface area contributed by atoms with Crippen LogP contribution in [0.25, 0.3) is 0 Å². The average Bonchev–Trinajstić information content (AvgIpc) is 3.18. The summed E-state index contributed by atoms with van der Waals surface area (Å²) in [6.07, 6.45) is 3.38. The van der Waals surface area contributed by atoms with Crippen molar-refractivity contribution in [2.24, 2.45) is 11.7 Å². The molecule has 27 heavy (non-hydrogen) atoms. The molecule has 0 spiro atoms. The predicted octanol–water partition coefficient (Wildman–Crippen LogP) is 0.607. The Balaban J connectivity index is 1.56. The number of benzene rings is 1. The minimum atomic E-state index is -3.45. The number of primary amides is 1. The summed E-state index contributed by atoms with van der Waals surface area (Å²) in [7, 11) is -3.45. The van der Waals surface area contributed by atoms with Crippen LogP contribution in [0.1, 0.15) is 25.7 Å². The lowest BCUT2D eigenvalue weighted by atomic mass is 9.97. The van der Waals surface area contributed by atoms with Gasteiger partial charge in [0.05, 0.1) is 17.4 Å². The highest BCUT2D eigenvalue weighted by Gasteiger charge is 2.27. The maximum Gasteiger partial charge on any atom is 0.243 e. The molecule has 3 N–H and O–H groups in total. The van der Waals surface area contributed by atoms with Gasteiger partial charge in [-0.25, -0.2) is 8.42 Å². The second kappa shape index (κ2) is 8.37. The van der Waals surface area contributed by atoms with Gasteiger partial charge in [0.15, 0.2) is 0 Å². The van der Waals surface area contributed by atoms with Crippen molar-refractivity contribution in [2.45, 2.75) is 30.6 Å². The highest BCUT2D eigenvalue weighted by molar-refractivity contribution is 7.89. The number of piperidine rings is 1. The summed E-state index contributed by atoms with van der Waals surface area (Å²) in [5.74, 6) is -0.730. The molecule has 1 atom stereocenters. The first kappa shape index (κ1) is 19.8. The summed E-state index contributed by atoms with van der Waals surface area (Å²) >= 11 is 0. The van der Waals surface area contributed by atoms with Gasteiger partial charge in [-0.15, -0.1) is 0 Å². The molecule has 0 unspecified atom stereocenters. The number of rotatable bonds is 6. The van der Waals surface area contributed by atoms with Gasteiger partial charge in [0, 0.05) is 25.3 Å². The van der Waals surface area contributed by atoms with Crippen molar-refractivity contribution in [2.75, 3.05) is 38.0 Å². The third-order valence-corrected chi connectivity index (χ3v) is 7.03. The van der Waals surface area contributed by atoms with E-state index >= 15 is 0 Å². The summed E-state index contributed by atoms with van der Waals surface area (Å²) in [5.41, 5.74) is 5.90. The highest BCUT2D eigenvalue weighted by Crippen LogP contribution is 2.22. The highest BCUT2D eigenvalue weighted by atomic mass is 32.2. The van der Waals surface area contributed by atoms with Crippen LogP contribution in [-0.2, 0) is 19.6 Å². The van der Waals surface area contributed by atoms with Crippen LogP contribution in [0.4, 0.5) is 5.69 Å². The fourth-order valence-corrected chi connectivity index (χ4v) is 5.14. The van der Waals surface area contributed by atoms with Crippen molar-refractivity contribution >= 4 is 27.5 Å². The number of amides is 2. The number of nitrogens with zero attached hydrogens (tertiary/aromatic N) is 2. The number of hydrogen-bond acceptors (Lipinski definition) is 5. The number of carbonyl (C=O) groups excluding carboxylic acids is 2. The molecule has 0 saturated carbocycles. The van der Waals surface area contributed by atoms with Crippen LogP contribution in [0.3, 0.4) is 0 Å². The van der Waals surface area contributed by atoms with E-state index < -0.39 is 10.0 Å². The molecule has 2 fully saturated rings. The first-order chi connectivity index (χ1) is 12.9. The molecule has 0 aliphatic carbocycles. The van der Waals surface area contributed by atoms with Crippen LogP contribution in [0.15, 0.2) is 29.2 Å². The second-order valence-corrected chi connectivity index (χ2v) is 9.10. The average molecular weight is 394 g/mol. The summed E-state index contributed by atoms with van der Waals surface area (Å²) in [6, 6.07) is 6.24. The SMILES string of the molecule is NC(=O)[C@@H]1CCCN(CC(=O)Nc2ccc(S(=O)(=O)N3CCCC3)cc2)C1. The molecule has 3 rings (SSSR count). The Morgan fingerprint density at radius 2 is 1.74 bits per heavy atom. The van der Waals surface area contributed by atoms with Gasteiger partial charge in [-0.2, -0.15) is 4.31 Å². The predicted molar refractivity (Wildman–Crippen MR) is 101 cm³/mol. The van der Waals surface area contributed by atoms with Gasteiger partial charge >= 0.3 is 0 Å². The Kier molecular flexibility index (Phi) is 6.13. The smallest absolute Gasteiger partial charge is 0.243 e. The minimum absolute atomic E-state index is 0.178. The van der Waals surface area contributed by atoms with E-state index in [1.54, 1.807) is 12.1 Å². The second-order valence-electron chi connectivity index (χ2n) is 7.16. The van der Waals surface area contributed by atoms with Crippen LogP contribution in [0.2, 0.25) is 0 Å². The molecule has 2 aliphatic heterocycles. The van der Waals surface area contributed by atoms with Crippen molar-refractivity contribution in [1.82, 2.24) is 9.21 Å². The Labute approximate surface area is 159 Å². The number of sulfonamides is 1. The Morgan fingerprint density at radius 1 is 1.07 bits per heavy atom. The zero-order valence-corrected chi connectivity index (χ0v) is 16.1. The maximum absolute atomic E-state index is 12.5. The molecule has 1 aromatic rings. The Hall–Kier alpha value is -1.97. The third-order valence-electron chi connectivity index (χ3n) is 5.12. The van der Waals surface area contributed by atoms with Crippen LogP contribution in [0.5, 0.6) is 0 Å². The lowest BCUT2D eigenvalue weighted by molar-refractivity contribution is -0.125. The zero-order chi connectivity index (χ0) is 19.4. The first-order valence-electron chi connectivity index (χ1n) is 9.28. The molecular formula is C18H26N4O4S. The van der Waals surface area contributed by atoms with E-state index in [-0.39, 0.29) is 29.2 Å². The van der Waals surface area contributed by atoms with E-state index in [0.717, 1.165) is 32.2 Å². The molecule has 1 aromatic carbocycles. The van der Waals surface area contributed by atoms with Gasteiger partial charge in [-0.05, 0) is 56.5 Å². The molecule has 2 heterocycles. The number of carbonyl (C=O) groups is 2. The summed E-state index contributed by atoms with van der Waals surface area (Å²) in [4.78, 5) is 25.7. The standard InChI is InChI=1S/C18H26N4O4S/c19-18(24)14-4-3-9-21(12-14)13-17(23)20-15-5-7-16(8-6-15)27(25,26)22-10-1-2-11-22/h5-8,14H,1-4,9-13H2,(H2,19,24)(H,20,23)/t14-/m1/s1. The molecule has 9 heteroatoms. The summed E-state index contributed by atoms with van der Waals surface area (Å²) < 4.78 is 26.5. The van der Waals surface area contributed by atoms with Gasteiger partial charge in [0.25, 0.3) is 0 Å². The molecule has 0 bridgehead atoms. The van der Waals surface area contributed by atoms with Gasteiger partial charge in [-0.3, -0.25) is 14.5 Å². The quantitative estimate of drug-likeness (QED) is 0.734. The van der Waals surface area contributed by atoms with E-state index in [1.807, 2.05) is 4.90 Å². The molecule has 0 aromatic heterocycles. The zero-order valence-electron chi connectivity index (χ0n) is 15.3. The van der Waals surface area contributed by atoms with E-state index in [9.17, 15) is 18.0 Å². The van der Waals surface area contributed by atoms with Crippen molar-refractivity contribution in [1.29, 1.82) is 0 Å². The van der Waals surface area contributed by atoms with Crippen LogP contribution < -0.4 is 11.1 Å². The number of nitrogens with two attached hydrogens (primary N) is 1. The van der Waals surface area contributed by atoms with Gasteiger partial charge in [0.2, 0.25) is 21.8 Å². The molecule has 2 aliphatic rings. The lowest BCUT2D eigenvalue weighted by Gasteiger charge is -2.30. The lowest BCUT2D eigenvalue weighted by Crippen LogP contribution is -2.44. The number of nitrogens with one attached hydrogen (secondary N) is 1. The van der Waals surface area contributed by atoms with Gasteiger partial charge < -0.3 is 11.1 Å². The fourth-order valence-electron chi connectivity index (χ4n) is 3.62. The van der Waals surface area contributed by atoms with Gasteiger partial charge in [0.1, 0.15) is 0 Å². The normalized spacial score (nSPS) is 21.9. The van der Waals surface area contributed by atoms with Crippen LogP contribution in [-0.4, -0.2) is 62.2 Å². The van der Waals surface area contributed by atoms with Crippen molar-refractivity contribution in [3.8, 4) is 0 Å². The van der Waals surface area contributed by atoms with Crippen molar-refractivity contribution in [3.05, 3.63) is 24.3 Å². The van der Waals surface area contributed by atoms with E-state index in [1.165, 1.54) is 16.4 Å².